The maximum absolute atomic E-state index is 13.2. The van der Waals surface area contributed by atoms with Crippen LogP contribution in [-0.4, -0.2) is 62.3 Å². The van der Waals surface area contributed by atoms with Gasteiger partial charge in [0.2, 0.25) is 5.91 Å². The molecule has 0 aliphatic carbocycles. The number of pyridine rings is 1. The highest BCUT2D eigenvalue weighted by molar-refractivity contribution is 7.92. The molecule has 0 bridgehead atoms. The number of amides is 4. The Kier molecular flexibility index (Phi) is 8.09. The second kappa shape index (κ2) is 11.7. The minimum Gasteiger partial charge on any atom is -0.384 e. The number of likely N-dealkylation sites (tertiary alicyclic amines) is 1. The quantitative estimate of drug-likeness (QED) is 0.341. The van der Waals surface area contributed by atoms with E-state index in [0.717, 1.165) is 48.9 Å². The van der Waals surface area contributed by atoms with Crippen LogP contribution in [-0.2, 0) is 21.2 Å². The first-order valence-electron chi connectivity index (χ1n) is 12.7. The number of nitrogens with one attached hydrogen (secondary N) is 3. The first-order chi connectivity index (χ1) is 19.2. The molecular weight excluding hydrogens is 559 g/mol. The fourth-order valence-electron chi connectivity index (χ4n) is 4.67. The maximum Gasteiger partial charge on any atom is 0.333 e. The van der Waals surface area contributed by atoms with Crippen molar-refractivity contribution in [3.05, 3.63) is 64.9 Å². The summed E-state index contributed by atoms with van der Waals surface area (Å²) in [5.74, 6) is -0.883. The van der Waals surface area contributed by atoms with Crippen LogP contribution in [0.1, 0.15) is 35.2 Å². The van der Waals surface area contributed by atoms with E-state index in [1.165, 1.54) is 37.6 Å². The lowest BCUT2D eigenvalue weighted by Crippen LogP contribution is -2.43. The van der Waals surface area contributed by atoms with Gasteiger partial charge >= 0.3 is 6.03 Å². The van der Waals surface area contributed by atoms with Gasteiger partial charge in [0.15, 0.2) is 5.13 Å². The van der Waals surface area contributed by atoms with Crippen molar-refractivity contribution in [2.75, 3.05) is 41.7 Å². The van der Waals surface area contributed by atoms with Gasteiger partial charge in [-0.1, -0.05) is 17.8 Å². The van der Waals surface area contributed by atoms with Crippen molar-refractivity contribution < 1.29 is 27.2 Å². The molecule has 5 rings (SSSR count). The molecule has 4 amide bonds. The third-order valence-electron chi connectivity index (χ3n) is 6.61. The summed E-state index contributed by atoms with van der Waals surface area (Å²) in [5.41, 5.74) is 2.00. The smallest absolute Gasteiger partial charge is 0.333 e. The molecule has 2 aromatic heterocycles. The van der Waals surface area contributed by atoms with E-state index in [1.54, 1.807) is 10.8 Å². The maximum atomic E-state index is 13.2. The summed E-state index contributed by atoms with van der Waals surface area (Å²) in [6.45, 7) is 3.94. The Balaban J connectivity index is 1.20. The Labute approximate surface area is 234 Å². The number of sulfonamides is 1. The van der Waals surface area contributed by atoms with E-state index < -0.39 is 33.0 Å². The molecule has 0 spiro atoms. The number of aromatic nitrogens is 1. The SMILES string of the molecule is O=C(Nc1ccc(N2C(=O)Cc3cc(NCCN4CCCCC4)ccc3C2=O)nc1)NS(=O)(=O)c1ccc(F)s1. The number of rotatable bonds is 8. The standard InChI is InChI=1S/C26H27FN6O5S2/c27-21-7-9-24(39-21)40(37,38)31-26(36)30-19-5-8-22(29-16-19)33-23(34)15-17-14-18(4-6-20(17)25(33)35)28-10-13-32-11-2-1-3-12-32/h4-9,14,16,28H,1-3,10-13,15H2,(H2,30,31,36). The number of urea groups is 1. The Hall–Kier alpha value is -3.88. The van der Waals surface area contributed by atoms with Gasteiger partial charge in [-0.05, 0) is 74.0 Å². The van der Waals surface area contributed by atoms with Gasteiger partial charge in [-0.25, -0.2) is 27.8 Å². The minimum absolute atomic E-state index is 0.0218. The summed E-state index contributed by atoms with van der Waals surface area (Å²) < 4.78 is 39.0. The number of carbonyl (C=O) groups is 3. The van der Waals surface area contributed by atoms with Gasteiger partial charge in [0.25, 0.3) is 15.9 Å². The number of piperidine rings is 1. The number of imide groups is 1. The molecule has 0 atom stereocenters. The summed E-state index contributed by atoms with van der Waals surface area (Å²) in [7, 11) is -4.25. The molecular formula is C26H27FN6O5S2. The number of nitrogens with zero attached hydrogens (tertiary/aromatic N) is 3. The lowest BCUT2D eigenvalue weighted by Gasteiger charge is -2.27. The highest BCUT2D eigenvalue weighted by atomic mass is 32.2. The Morgan fingerprint density at radius 1 is 1.02 bits per heavy atom. The molecule has 0 radical (unpaired) electrons. The molecule has 4 heterocycles. The third-order valence-corrected chi connectivity index (χ3v) is 9.31. The van der Waals surface area contributed by atoms with Crippen molar-refractivity contribution in [2.45, 2.75) is 29.9 Å². The molecule has 2 aliphatic heterocycles. The van der Waals surface area contributed by atoms with Gasteiger partial charge in [-0.3, -0.25) is 9.59 Å². The molecule has 3 N–H and O–H groups in total. The van der Waals surface area contributed by atoms with Gasteiger partial charge in [0.1, 0.15) is 10.0 Å². The Morgan fingerprint density at radius 3 is 2.50 bits per heavy atom. The van der Waals surface area contributed by atoms with Crippen molar-refractivity contribution in [3.63, 3.8) is 0 Å². The summed E-state index contributed by atoms with van der Waals surface area (Å²) in [6, 6.07) is 9.04. The first-order valence-corrected chi connectivity index (χ1v) is 15.0. The van der Waals surface area contributed by atoms with Crippen molar-refractivity contribution in [3.8, 4) is 0 Å². The van der Waals surface area contributed by atoms with E-state index in [-0.39, 0.29) is 22.1 Å². The van der Waals surface area contributed by atoms with Crippen molar-refractivity contribution in [2.24, 2.45) is 0 Å². The zero-order chi connectivity index (χ0) is 28.3. The van der Waals surface area contributed by atoms with Crippen LogP contribution in [0.15, 0.2) is 52.9 Å². The van der Waals surface area contributed by atoms with Crippen LogP contribution in [0.4, 0.5) is 26.4 Å². The molecule has 3 aromatic rings. The predicted molar refractivity (Wildman–Crippen MR) is 149 cm³/mol. The molecule has 11 nitrogen and oxygen atoms in total. The molecule has 2 aliphatic rings. The second-order valence-electron chi connectivity index (χ2n) is 9.44. The summed E-state index contributed by atoms with van der Waals surface area (Å²) >= 11 is 0.381. The second-order valence-corrected chi connectivity index (χ2v) is 12.4. The Bertz CT molecular complexity index is 1540. The van der Waals surface area contributed by atoms with E-state index in [0.29, 0.717) is 22.5 Å². The third kappa shape index (κ3) is 6.29. The van der Waals surface area contributed by atoms with Crippen LogP contribution in [0.3, 0.4) is 0 Å². The van der Waals surface area contributed by atoms with E-state index >= 15 is 0 Å². The van der Waals surface area contributed by atoms with Gasteiger partial charge in [0, 0.05) is 24.3 Å². The zero-order valence-corrected chi connectivity index (χ0v) is 23.0. The number of carbonyl (C=O) groups excluding carboxylic acids is 3. The van der Waals surface area contributed by atoms with Crippen LogP contribution in [0.25, 0.3) is 0 Å². The topological polar surface area (TPSA) is 141 Å². The average molecular weight is 587 g/mol. The molecule has 0 unspecified atom stereocenters. The van der Waals surface area contributed by atoms with Gasteiger partial charge < -0.3 is 15.5 Å². The van der Waals surface area contributed by atoms with Crippen LogP contribution in [0, 0.1) is 5.13 Å². The fourth-order valence-corrected chi connectivity index (χ4v) is 6.58. The Morgan fingerprint density at radius 2 is 1.80 bits per heavy atom. The minimum atomic E-state index is -4.25. The number of hydrogen-bond acceptors (Lipinski definition) is 9. The van der Waals surface area contributed by atoms with Crippen LogP contribution in [0.5, 0.6) is 0 Å². The first kappa shape index (κ1) is 27.7. The largest absolute Gasteiger partial charge is 0.384 e. The molecule has 1 fully saturated rings. The number of anilines is 3. The lowest BCUT2D eigenvalue weighted by molar-refractivity contribution is -0.117. The molecule has 14 heteroatoms. The van der Waals surface area contributed by atoms with E-state index in [2.05, 4.69) is 20.5 Å². The van der Waals surface area contributed by atoms with Gasteiger partial charge in [-0.2, -0.15) is 4.39 Å². The molecule has 0 saturated carbocycles. The fraction of sp³-hybridized carbons (Fsp3) is 0.308. The van der Waals surface area contributed by atoms with E-state index in [9.17, 15) is 27.2 Å². The molecule has 210 valence electrons. The normalized spacial score (nSPS) is 16.0. The predicted octanol–water partition coefficient (Wildman–Crippen LogP) is 3.42. The summed E-state index contributed by atoms with van der Waals surface area (Å²) in [5, 5.41) is 4.98. The number of thiophene rings is 1. The van der Waals surface area contributed by atoms with Crippen LogP contribution in [0.2, 0.25) is 0 Å². The lowest BCUT2D eigenvalue weighted by atomic mass is 9.97. The van der Waals surface area contributed by atoms with Crippen molar-refractivity contribution in [1.82, 2.24) is 14.6 Å². The number of halogens is 1. The summed E-state index contributed by atoms with van der Waals surface area (Å²) in [6.07, 6.45) is 4.96. The monoisotopic (exact) mass is 586 g/mol. The zero-order valence-electron chi connectivity index (χ0n) is 21.4. The number of fused-ring (bicyclic) bond motifs is 1. The van der Waals surface area contributed by atoms with Crippen molar-refractivity contribution >= 4 is 56.4 Å². The summed E-state index contributed by atoms with van der Waals surface area (Å²) in [4.78, 5) is 45.8. The molecule has 40 heavy (non-hydrogen) atoms. The number of hydrogen-bond donors (Lipinski definition) is 3. The molecule has 1 saturated heterocycles. The van der Waals surface area contributed by atoms with E-state index in [1.807, 2.05) is 12.1 Å². The van der Waals surface area contributed by atoms with Gasteiger partial charge in [0.05, 0.1) is 18.3 Å². The van der Waals surface area contributed by atoms with Crippen LogP contribution >= 0.6 is 11.3 Å². The van der Waals surface area contributed by atoms with Crippen LogP contribution < -0.4 is 20.3 Å². The van der Waals surface area contributed by atoms with E-state index in [4.69, 9.17) is 0 Å². The van der Waals surface area contributed by atoms with Gasteiger partial charge in [-0.15, -0.1) is 0 Å². The van der Waals surface area contributed by atoms with Crippen molar-refractivity contribution in [1.29, 1.82) is 0 Å². The highest BCUT2D eigenvalue weighted by Gasteiger charge is 2.33. The average Bonchev–Trinajstić information content (AvgIpc) is 3.37. The molecule has 1 aromatic carbocycles. The number of benzene rings is 1. The highest BCUT2D eigenvalue weighted by Crippen LogP contribution is 2.27.